The number of piperazine rings is 1. The Kier molecular flexibility index (Phi) is 5.92. The van der Waals surface area contributed by atoms with Crippen LogP contribution >= 0.6 is 0 Å². The molecule has 0 bridgehead atoms. The van der Waals surface area contributed by atoms with Gasteiger partial charge in [-0.1, -0.05) is 12.1 Å². The van der Waals surface area contributed by atoms with Crippen LogP contribution in [0, 0.1) is 5.82 Å². The van der Waals surface area contributed by atoms with E-state index in [0.29, 0.717) is 5.69 Å². The fourth-order valence-electron chi connectivity index (χ4n) is 4.43. The number of anilines is 1. The van der Waals surface area contributed by atoms with Crippen molar-refractivity contribution in [2.24, 2.45) is 0 Å². The highest BCUT2D eigenvalue weighted by Crippen LogP contribution is 2.35. The third-order valence-electron chi connectivity index (χ3n) is 6.21. The summed E-state index contributed by atoms with van der Waals surface area (Å²) in [4.78, 5) is 4.51. The highest BCUT2D eigenvalue weighted by atomic mass is 19.1. The average molecular weight is 447 g/mol. The van der Waals surface area contributed by atoms with Gasteiger partial charge >= 0.3 is 0 Å². The van der Waals surface area contributed by atoms with Crippen molar-refractivity contribution in [3.05, 3.63) is 78.1 Å². The molecule has 5 nitrogen and oxygen atoms in total. The molecule has 170 valence electrons. The van der Waals surface area contributed by atoms with Gasteiger partial charge in [0.05, 0.1) is 19.9 Å². The summed E-state index contributed by atoms with van der Waals surface area (Å²) in [6.45, 7) is 4.15. The minimum Gasteiger partial charge on any atom is -0.497 e. The number of methoxy groups -OCH3 is 2. The van der Waals surface area contributed by atoms with E-state index >= 15 is 0 Å². The Hall–Kier alpha value is -3.51. The molecule has 2 heterocycles. The quantitative estimate of drug-likeness (QED) is 0.387. The molecule has 0 aliphatic carbocycles. The standard InChI is InChI=1S/C27H27FN2O3/c1-31-22-9-7-20(8-10-22)25-17-21-15-19(16-26(32-2)27(21)33-25)18-29-11-13-30(14-12-29)24-6-4-3-5-23(24)28/h3-10,15-17H,11-14,18H2,1-2H3. The smallest absolute Gasteiger partial charge is 0.176 e. The second kappa shape index (κ2) is 9.16. The normalized spacial score (nSPS) is 14.6. The van der Waals surface area contributed by atoms with Crippen molar-refractivity contribution < 1.29 is 18.3 Å². The Morgan fingerprint density at radius 3 is 2.33 bits per heavy atom. The fourth-order valence-corrected chi connectivity index (χ4v) is 4.43. The predicted molar refractivity (Wildman–Crippen MR) is 129 cm³/mol. The Bertz CT molecular complexity index is 1240. The first-order valence-corrected chi connectivity index (χ1v) is 11.1. The second-order valence-corrected chi connectivity index (χ2v) is 8.27. The molecule has 6 heteroatoms. The van der Waals surface area contributed by atoms with Gasteiger partial charge < -0.3 is 18.8 Å². The van der Waals surface area contributed by atoms with Crippen LogP contribution in [0.3, 0.4) is 0 Å². The first kappa shape index (κ1) is 21.3. The second-order valence-electron chi connectivity index (χ2n) is 8.27. The van der Waals surface area contributed by atoms with Gasteiger partial charge in [0.15, 0.2) is 11.3 Å². The number of hydrogen-bond donors (Lipinski definition) is 0. The molecule has 0 saturated carbocycles. The maximum absolute atomic E-state index is 14.1. The van der Waals surface area contributed by atoms with E-state index in [9.17, 15) is 4.39 Å². The van der Waals surface area contributed by atoms with Crippen LogP contribution in [0.2, 0.25) is 0 Å². The lowest BCUT2D eigenvalue weighted by Gasteiger charge is -2.36. The van der Waals surface area contributed by atoms with Crippen LogP contribution in [0.15, 0.2) is 71.1 Å². The lowest BCUT2D eigenvalue weighted by Crippen LogP contribution is -2.46. The van der Waals surface area contributed by atoms with Crippen LogP contribution < -0.4 is 14.4 Å². The lowest BCUT2D eigenvalue weighted by atomic mass is 10.1. The summed E-state index contributed by atoms with van der Waals surface area (Å²) >= 11 is 0. The van der Waals surface area contributed by atoms with Crippen LogP contribution in [0.25, 0.3) is 22.3 Å². The largest absolute Gasteiger partial charge is 0.497 e. The van der Waals surface area contributed by atoms with Crippen LogP contribution in [-0.2, 0) is 6.54 Å². The zero-order valence-corrected chi connectivity index (χ0v) is 18.9. The van der Waals surface area contributed by atoms with Crippen molar-refractivity contribution in [1.82, 2.24) is 4.90 Å². The van der Waals surface area contributed by atoms with Gasteiger partial charge in [0.25, 0.3) is 0 Å². The minimum absolute atomic E-state index is 0.159. The van der Waals surface area contributed by atoms with Gasteiger partial charge in [-0.25, -0.2) is 4.39 Å². The number of ether oxygens (including phenoxy) is 2. The maximum Gasteiger partial charge on any atom is 0.176 e. The number of hydrogen-bond acceptors (Lipinski definition) is 5. The molecule has 0 spiro atoms. The Balaban J connectivity index is 1.33. The first-order chi connectivity index (χ1) is 16.1. The van der Waals surface area contributed by atoms with Gasteiger partial charge in [0.1, 0.15) is 17.3 Å². The molecule has 0 N–H and O–H groups in total. The molecule has 33 heavy (non-hydrogen) atoms. The Morgan fingerprint density at radius 1 is 0.879 bits per heavy atom. The maximum atomic E-state index is 14.1. The number of fused-ring (bicyclic) bond motifs is 1. The van der Waals surface area contributed by atoms with Gasteiger partial charge in [0, 0.05) is 43.7 Å². The number of nitrogens with zero attached hydrogens (tertiary/aromatic N) is 2. The molecule has 1 saturated heterocycles. The van der Waals surface area contributed by atoms with E-state index in [-0.39, 0.29) is 5.82 Å². The summed E-state index contributed by atoms with van der Waals surface area (Å²) in [5.41, 5.74) is 3.58. The first-order valence-electron chi connectivity index (χ1n) is 11.1. The molecule has 1 aliphatic heterocycles. The van der Waals surface area contributed by atoms with Crippen molar-refractivity contribution in [2.75, 3.05) is 45.3 Å². The summed E-state index contributed by atoms with van der Waals surface area (Å²) in [6, 6.07) is 21.1. The summed E-state index contributed by atoms with van der Waals surface area (Å²) in [7, 11) is 3.32. The molecular weight excluding hydrogens is 419 g/mol. The topological polar surface area (TPSA) is 38.1 Å². The van der Waals surface area contributed by atoms with Gasteiger partial charge in [-0.2, -0.15) is 0 Å². The highest BCUT2D eigenvalue weighted by Gasteiger charge is 2.20. The number of rotatable bonds is 6. The highest BCUT2D eigenvalue weighted by molar-refractivity contribution is 5.88. The third-order valence-corrected chi connectivity index (χ3v) is 6.21. The third kappa shape index (κ3) is 4.39. The number of halogens is 1. The molecule has 1 fully saturated rings. The van der Waals surface area contributed by atoms with Gasteiger partial charge in [-0.05, 0) is 60.2 Å². The van der Waals surface area contributed by atoms with E-state index in [0.717, 1.165) is 66.5 Å². The summed E-state index contributed by atoms with van der Waals surface area (Å²) in [5.74, 6) is 2.17. The number of para-hydroxylation sites is 1. The van der Waals surface area contributed by atoms with E-state index in [4.69, 9.17) is 13.9 Å². The zero-order chi connectivity index (χ0) is 22.8. The Morgan fingerprint density at radius 2 is 1.64 bits per heavy atom. The van der Waals surface area contributed by atoms with E-state index in [1.165, 1.54) is 11.6 Å². The molecule has 1 aromatic heterocycles. The summed E-state index contributed by atoms with van der Waals surface area (Å²) < 4.78 is 31.2. The summed E-state index contributed by atoms with van der Waals surface area (Å²) in [5, 5.41) is 1.01. The monoisotopic (exact) mass is 446 g/mol. The Labute approximate surface area is 192 Å². The minimum atomic E-state index is -0.159. The van der Waals surface area contributed by atoms with Crippen molar-refractivity contribution in [3.8, 4) is 22.8 Å². The average Bonchev–Trinajstić information content (AvgIpc) is 3.29. The molecular formula is C27H27FN2O3. The van der Waals surface area contributed by atoms with Crippen molar-refractivity contribution >= 4 is 16.7 Å². The van der Waals surface area contributed by atoms with Crippen molar-refractivity contribution in [3.63, 3.8) is 0 Å². The SMILES string of the molecule is COc1ccc(-c2cc3cc(CN4CCN(c5ccccc5F)CC4)cc(OC)c3o2)cc1. The predicted octanol–water partition coefficient (Wildman–Crippen LogP) is 5.58. The molecule has 0 unspecified atom stereocenters. The van der Waals surface area contributed by atoms with Gasteiger partial charge in [-0.3, -0.25) is 4.90 Å². The molecule has 5 rings (SSSR count). The van der Waals surface area contributed by atoms with Crippen molar-refractivity contribution in [1.29, 1.82) is 0 Å². The molecule has 0 radical (unpaired) electrons. The van der Waals surface area contributed by atoms with Crippen LogP contribution in [0.5, 0.6) is 11.5 Å². The van der Waals surface area contributed by atoms with E-state index in [2.05, 4.69) is 21.9 Å². The number of furan rings is 1. The lowest BCUT2D eigenvalue weighted by molar-refractivity contribution is 0.249. The molecule has 0 atom stereocenters. The van der Waals surface area contributed by atoms with E-state index < -0.39 is 0 Å². The van der Waals surface area contributed by atoms with Gasteiger partial charge in [0.2, 0.25) is 0 Å². The van der Waals surface area contributed by atoms with Crippen LogP contribution in [0.4, 0.5) is 10.1 Å². The summed E-state index contributed by atoms with van der Waals surface area (Å²) in [6.07, 6.45) is 0. The van der Waals surface area contributed by atoms with Crippen LogP contribution in [-0.4, -0.2) is 45.3 Å². The molecule has 0 amide bonds. The van der Waals surface area contributed by atoms with Crippen molar-refractivity contribution in [2.45, 2.75) is 6.54 Å². The zero-order valence-electron chi connectivity index (χ0n) is 18.9. The van der Waals surface area contributed by atoms with Gasteiger partial charge in [-0.15, -0.1) is 0 Å². The van der Waals surface area contributed by atoms with E-state index in [1.54, 1.807) is 20.3 Å². The molecule has 1 aliphatic rings. The van der Waals surface area contributed by atoms with E-state index in [1.807, 2.05) is 42.5 Å². The molecule has 4 aromatic rings. The molecule has 3 aromatic carbocycles. The van der Waals surface area contributed by atoms with Crippen LogP contribution in [0.1, 0.15) is 5.56 Å². The number of benzene rings is 3. The fraction of sp³-hybridized carbons (Fsp3) is 0.259.